The van der Waals surface area contributed by atoms with Crippen molar-refractivity contribution in [2.45, 2.75) is 37.4 Å². The highest BCUT2D eigenvalue weighted by Crippen LogP contribution is 2.22. The SMILES string of the molecule is CC(=O)Nc1ccc(S(=O)(=O)N2CC=C(C(=O)NOC3CCCCO3)C2)cc1. The van der Waals surface area contributed by atoms with E-state index in [1.165, 1.54) is 35.5 Å². The van der Waals surface area contributed by atoms with Crippen molar-refractivity contribution in [2.24, 2.45) is 0 Å². The van der Waals surface area contributed by atoms with Crippen molar-refractivity contribution in [3.05, 3.63) is 35.9 Å². The molecule has 0 aliphatic carbocycles. The van der Waals surface area contributed by atoms with E-state index in [-0.39, 0.29) is 23.9 Å². The van der Waals surface area contributed by atoms with Crippen molar-refractivity contribution in [1.29, 1.82) is 0 Å². The molecule has 0 bridgehead atoms. The minimum atomic E-state index is -3.76. The molecule has 9 nitrogen and oxygen atoms in total. The Morgan fingerprint density at radius 3 is 2.61 bits per heavy atom. The van der Waals surface area contributed by atoms with Crippen LogP contribution in [0.25, 0.3) is 0 Å². The summed E-state index contributed by atoms with van der Waals surface area (Å²) >= 11 is 0. The molecular weight excluding hydrogens is 386 g/mol. The maximum absolute atomic E-state index is 12.8. The number of carbonyl (C=O) groups is 2. The second-order valence-corrected chi connectivity index (χ2v) is 8.52. The molecule has 2 aliphatic rings. The number of sulfonamides is 1. The molecule has 1 aromatic carbocycles. The van der Waals surface area contributed by atoms with E-state index in [1.54, 1.807) is 6.08 Å². The predicted octanol–water partition coefficient (Wildman–Crippen LogP) is 1.15. The van der Waals surface area contributed by atoms with Crippen LogP contribution in [0.3, 0.4) is 0 Å². The number of hydrogen-bond donors (Lipinski definition) is 2. The maximum atomic E-state index is 12.8. The van der Waals surface area contributed by atoms with Gasteiger partial charge in [0.15, 0.2) is 6.29 Å². The Balaban J connectivity index is 1.56. The summed E-state index contributed by atoms with van der Waals surface area (Å²) in [7, 11) is -3.76. The third-order valence-electron chi connectivity index (χ3n) is 4.41. The van der Waals surface area contributed by atoms with Gasteiger partial charge >= 0.3 is 0 Å². The maximum Gasteiger partial charge on any atom is 0.271 e. The molecule has 1 aromatic rings. The van der Waals surface area contributed by atoms with Crippen LogP contribution in [-0.2, 0) is 29.2 Å². The molecule has 0 saturated carbocycles. The summed E-state index contributed by atoms with van der Waals surface area (Å²) in [5.41, 5.74) is 3.16. The summed E-state index contributed by atoms with van der Waals surface area (Å²) in [6.07, 6.45) is 3.73. The summed E-state index contributed by atoms with van der Waals surface area (Å²) in [6.45, 7) is 2.02. The minimum Gasteiger partial charge on any atom is -0.350 e. The van der Waals surface area contributed by atoms with Crippen LogP contribution in [-0.4, -0.2) is 50.5 Å². The molecule has 0 spiro atoms. The first-order valence-electron chi connectivity index (χ1n) is 9.01. The van der Waals surface area contributed by atoms with Crippen LogP contribution in [0.5, 0.6) is 0 Å². The fourth-order valence-corrected chi connectivity index (χ4v) is 4.29. The predicted molar refractivity (Wildman–Crippen MR) is 100 cm³/mol. The smallest absolute Gasteiger partial charge is 0.271 e. The zero-order valence-corrected chi connectivity index (χ0v) is 16.3. The second-order valence-electron chi connectivity index (χ2n) is 6.58. The van der Waals surface area contributed by atoms with E-state index in [0.29, 0.717) is 24.3 Å². The van der Waals surface area contributed by atoms with Crippen LogP contribution >= 0.6 is 0 Å². The third kappa shape index (κ3) is 4.96. The van der Waals surface area contributed by atoms with E-state index < -0.39 is 22.2 Å². The topological polar surface area (TPSA) is 114 Å². The number of rotatable bonds is 6. The molecule has 28 heavy (non-hydrogen) atoms. The minimum absolute atomic E-state index is 0.0451. The second kappa shape index (κ2) is 8.82. The molecule has 1 fully saturated rings. The van der Waals surface area contributed by atoms with Crippen molar-refractivity contribution in [2.75, 3.05) is 25.0 Å². The van der Waals surface area contributed by atoms with Crippen LogP contribution < -0.4 is 10.8 Å². The molecule has 2 heterocycles. The molecule has 2 amide bonds. The number of hydrogen-bond acceptors (Lipinski definition) is 6. The van der Waals surface area contributed by atoms with Crippen LogP contribution in [0.15, 0.2) is 40.8 Å². The number of nitrogens with zero attached hydrogens (tertiary/aromatic N) is 1. The Hall–Kier alpha value is -2.27. The normalized spacial score (nSPS) is 20.5. The van der Waals surface area contributed by atoms with Gasteiger partial charge in [-0.05, 0) is 37.1 Å². The van der Waals surface area contributed by atoms with Crippen LogP contribution in [0.4, 0.5) is 5.69 Å². The third-order valence-corrected chi connectivity index (χ3v) is 6.24. The molecule has 2 N–H and O–H groups in total. The van der Waals surface area contributed by atoms with E-state index in [1.807, 2.05) is 0 Å². The zero-order chi connectivity index (χ0) is 20.1. The number of benzene rings is 1. The molecule has 1 atom stereocenters. The van der Waals surface area contributed by atoms with Gasteiger partial charge in [0.1, 0.15) is 0 Å². The van der Waals surface area contributed by atoms with Gasteiger partial charge in [-0.15, -0.1) is 0 Å². The monoisotopic (exact) mass is 409 g/mol. The zero-order valence-electron chi connectivity index (χ0n) is 15.5. The Labute approximate surface area is 163 Å². The van der Waals surface area contributed by atoms with Gasteiger partial charge in [-0.2, -0.15) is 4.31 Å². The molecule has 3 rings (SSSR count). The number of ether oxygens (including phenoxy) is 1. The lowest BCUT2D eigenvalue weighted by Gasteiger charge is -2.22. The Morgan fingerprint density at radius 1 is 1.21 bits per heavy atom. The van der Waals surface area contributed by atoms with E-state index in [9.17, 15) is 18.0 Å². The highest BCUT2D eigenvalue weighted by atomic mass is 32.2. The van der Waals surface area contributed by atoms with Crippen molar-refractivity contribution in [3.8, 4) is 0 Å². The average molecular weight is 409 g/mol. The van der Waals surface area contributed by atoms with Gasteiger partial charge in [0.2, 0.25) is 15.9 Å². The van der Waals surface area contributed by atoms with E-state index in [4.69, 9.17) is 9.57 Å². The summed E-state index contributed by atoms with van der Waals surface area (Å²) in [5, 5.41) is 2.58. The standard InChI is InChI=1S/C18H23N3O6S/c1-13(22)19-15-5-7-16(8-6-15)28(24,25)21-10-9-14(12-21)18(23)20-27-17-4-2-3-11-26-17/h5-9,17H,2-4,10-12H2,1H3,(H,19,22)(H,20,23). The number of carbonyl (C=O) groups excluding carboxylic acids is 2. The van der Waals surface area contributed by atoms with Gasteiger partial charge in [-0.25, -0.2) is 18.7 Å². The summed E-state index contributed by atoms with van der Waals surface area (Å²) in [4.78, 5) is 28.6. The highest BCUT2D eigenvalue weighted by Gasteiger charge is 2.30. The molecule has 0 radical (unpaired) electrons. The largest absolute Gasteiger partial charge is 0.350 e. The number of nitrogens with one attached hydrogen (secondary N) is 2. The van der Waals surface area contributed by atoms with E-state index >= 15 is 0 Å². The molecule has 152 valence electrons. The molecule has 0 aromatic heterocycles. The Bertz CT molecular complexity index is 860. The number of hydroxylamine groups is 1. The van der Waals surface area contributed by atoms with Crippen LogP contribution in [0.2, 0.25) is 0 Å². The lowest BCUT2D eigenvalue weighted by atomic mass is 10.2. The van der Waals surface area contributed by atoms with Crippen LogP contribution in [0, 0.1) is 0 Å². The molecule has 2 aliphatic heterocycles. The van der Waals surface area contributed by atoms with E-state index in [2.05, 4.69) is 10.8 Å². The van der Waals surface area contributed by atoms with Crippen molar-refractivity contribution >= 4 is 27.5 Å². The van der Waals surface area contributed by atoms with Crippen molar-refractivity contribution in [3.63, 3.8) is 0 Å². The van der Waals surface area contributed by atoms with Gasteiger partial charge in [0, 0.05) is 44.3 Å². The average Bonchev–Trinajstić information content (AvgIpc) is 3.18. The first-order valence-corrected chi connectivity index (χ1v) is 10.4. The van der Waals surface area contributed by atoms with Crippen molar-refractivity contribution < 1.29 is 27.6 Å². The van der Waals surface area contributed by atoms with Gasteiger partial charge < -0.3 is 10.1 Å². The van der Waals surface area contributed by atoms with Gasteiger partial charge in [-0.1, -0.05) is 6.08 Å². The fourth-order valence-electron chi connectivity index (χ4n) is 2.93. The first kappa shape index (κ1) is 20.5. The molecule has 1 saturated heterocycles. The lowest BCUT2D eigenvalue weighted by Crippen LogP contribution is -2.36. The van der Waals surface area contributed by atoms with Crippen LogP contribution in [0.1, 0.15) is 26.2 Å². The highest BCUT2D eigenvalue weighted by molar-refractivity contribution is 7.89. The number of amides is 2. The lowest BCUT2D eigenvalue weighted by molar-refractivity contribution is -0.198. The van der Waals surface area contributed by atoms with E-state index in [0.717, 1.165) is 12.8 Å². The fraction of sp³-hybridized carbons (Fsp3) is 0.444. The van der Waals surface area contributed by atoms with Gasteiger partial charge in [-0.3, -0.25) is 9.59 Å². The quantitative estimate of drug-likeness (QED) is 0.682. The van der Waals surface area contributed by atoms with Gasteiger partial charge in [0.05, 0.1) is 4.90 Å². The van der Waals surface area contributed by atoms with Crippen molar-refractivity contribution in [1.82, 2.24) is 9.79 Å². The molecule has 10 heteroatoms. The Morgan fingerprint density at radius 2 is 1.96 bits per heavy atom. The Kier molecular flexibility index (Phi) is 6.45. The number of anilines is 1. The first-order chi connectivity index (χ1) is 13.4. The summed E-state index contributed by atoms with van der Waals surface area (Å²) in [6, 6.07) is 5.87. The summed E-state index contributed by atoms with van der Waals surface area (Å²) in [5.74, 6) is -0.719. The molecular formula is C18H23N3O6S. The molecule has 1 unspecified atom stereocenters. The van der Waals surface area contributed by atoms with Gasteiger partial charge in [0.25, 0.3) is 5.91 Å². The summed E-state index contributed by atoms with van der Waals surface area (Å²) < 4.78 is 32.1.